The number of thiophene rings is 1. The largest absolute Gasteiger partial charge is 0.417 e. The smallest absolute Gasteiger partial charge is 0.347 e. The van der Waals surface area contributed by atoms with Crippen LogP contribution in [0.1, 0.15) is 23.4 Å². The third-order valence-electron chi connectivity index (χ3n) is 3.03. The number of hydrogen-bond acceptors (Lipinski definition) is 3. The van der Waals surface area contributed by atoms with Gasteiger partial charge in [0.1, 0.15) is 11.6 Å². The summed E-state index contributed by atoms with van der Waals surface area (Å²) in [6.45, 7) is 1.20. The van der Waals surface area contributed by atoms with E-state index in [4.69, 9.17) is 11.6 Å². The monoisotopic (exact) mass is 364 g/mol. The van der Waals surface area contributed by atoms with Crippen molar-refractivity contribution < 1.29 is 18.0 Å². The summed E-state index contributed by atoms with van der Waals surface area (Å²) in [6, 6.07) is 3.88. The quantitative estimate of drug-likeness (QED) is 0.903. The molecule has 2 aromatic rings. The van der Waals surface area contributed by atoms with E-state index in [-0.39, 0.29) is 6.04 Å². The van der Waals surface area contributed by atoms with Crippen LogP contribution >= 0.6 is 22.9 Å². The number of nitrogens with zero attached hydrogens (tertiary/aromatic N) is 1. The molecule has 2 heterocycles. The Morgan fingerprint density at radius 1 is 1.48 bits per heavy atom. The second-order valence-corrected chi connectivity index (χ2v) is 6.20. The standard InChI is InChI=1S/C14H12ClF3N2O2S/c1-8(11-3-2-4-23-11)19-12(21)7-20-6-9(14(16,17)18)5-10(15)13(20)22/h2-6,8H,7H2,1H3,(H,19,21). The first-order valence-corrected chi connectivity index (χ1v) is 7.74. The van der Waals surface area contributed by atoms with Crippen molar-refractivity contribution in [2.45, 2.75) is 25.7 Å². The molecule has 0 radical (unpaired) electrons. The van der Waals surface area contributed by atoms with Gasteiger partial charge in [0, 0.05) is 11.1 Å². The van der Waals surface area contributed by atoms with E-state index >= 15 is 0 Å². The lowest BCUT2D eigenvalue weighted by atomic mass is 10.2. The summed E-state index contributed by atoms with van der Waals surface area (Å²) in [5, 5.41) is 3.88. The van der Waals surface area contributed by atoms with Crippen LogP contribution in [0.3, 0.4) is 0 Å². The van der Waals surface area contributed by atoms with Gasteiger partial charge in [-0.1, -0.05) is 17.7 Å². The number of hydrogen-bond donors (Lipinski definition) is 1. The van der Waals surface area contributed by atoms with E-state index in [9.17, 15) is 22.8 Å². The molecule has 4 nitrogen and oxygen atoms in total. The molecule has 0 bridgehead atoms. The van der Waals surface area contributed by atoms with Crippen LogP contribution in [-0.2, 0) is 17.5 Å². The van der Waals surface area contributed by atoms with Gasteiger partial charge in [-0.25, -0.2) is 0 Å². The minimum Gasteiger partial charge on any atom is -0.347 e. The van der Waals surface area contributed by atoms with Gasteiger partial charge in [0.05, 0.1) is 11.6 Å². The van der Waals surface area contributed by atoms with E-state index in [0.717, 1.165) is 4.88 Å². The van der Waals surface area contributed by atoms with Crippen molar-refractivity contribution in [2.24, 2.45) is 0 Å². The molecule has 0 aliphatic heterocycles. The van der Waals surface area contributed by atoms with E-state index < -0.39 is 34.8 Å². The number of amides is 1. The summed E-state index contributed by atoms with van der Waals surface area (Å²) in [7, 11) is 0. The zero-order chi connectivity index (χ0) is 17.2. The van der Waals surface area contributed by atoms with Crippen molar-refractivity contribution >= 4 is 28.8 Å². The SMILES string of the molecule is CC(NC(=O)Cn1cc(C(F)(F)F)cc(Cl)c1=O)c1cccs1. The van der Waals surface area contributed by atoms with Crippen LogP contribution < -0.4 is 10.9 Å². The maximum Gasteiger partial charge on any atom is 0.417 e. The second kappa shape index (κ2) is 6.76. The van der Waals surface area contributed by atoms with Crippen molar-refractivity contribution in [3.63, 3.8) is 0 Å². The molecule has 0 aliphatic carbocycles. The molecule has 1 amide bonds. The maximum absolute atomic E-state index is 12.7. The van der Waals surface area contributed by atoms with Gasteiger partial charge in [-0.15, -0.1) is 11.3 Å². The fourth-order valence-corrected chi connectivity index (χ4v) is 2.88. The van der Waals surface area contributed by atoms with Crippen LogP contribution in [0.4, 0.5) is 13.2 Å². The van der Waals surface area contributed by atoms with Gasteiger partial charge in [0.15, 0.2) is 0 Å². The molecular formula is C14H12ClF3N2O2S. The van der Waals surface area contributed by atoms with E-state index in [1.165, 1.54) is 11.3 Å². The predicted molar refractivity (Wildman–Crippen MR) is 81.6 cm³/mol. The molecule has 0 fully saturated rings. The average molecular weight is 365 g/mol. The molecule has 2 rings (SSSR count). The highest BCUT2D eigenvalue weighted by molar-refractivity contribution is 7.10. The zero-order valence-electron chi connectivity index (χ0n) is 11.9. The molecule has 0 aromatic carbocycles. The number of alkyl halides is 3. The summed E-state index contributed by atoms with van der Waals surface area (Å²) < 4.78 is 38.9. The minimum atomic E-state index is -4.65. The Morgan fingerprint density at radius 3 is 2.74 bits per heavy atom. The molecule has 0 aliphatic rings. The van der Waals surface area contributed by atoms with Gasteiger partial charge in [0.2, 0.25) is 5.91 Å². The van der Waals surface area contributed by atoms with Gasteiger partial charge in [-0.05, 0) is 24.4 Å². The molecule has 9 heteroatoms. The number of aromatic nitrogens is 1. The Labute approximate surface area is 138 Å². The van der Waals surface area contributed by atoms with E-state index in [0.29, 0.717) is 16.8 Å². The van der Waals surface area contributed by atoms with Gasteiger partial charge in [-0.3, -0.25) is 9.59 Å². The molecule has 23 heavy (non-hydrogen) atoms. The number of halogens is 4. The first kappa shape index (κ1) is 17.6. The Kier molecular flexibility index (Phi) is 5.16. The van der Waals surface area contributed by atoms with Crippen molar-refractivity contribution in [3.05, 3.63) is 55.6 Å². The Bertz CT molecular complexity index is 756. The van der Waals surface area contributed by atoms with E-state index in [1.807, 2.05) is 17.5 Å². The first-order valence-electron chi connectivity index (χ1n) is 6.48. The number of carbonyl (C=O) groups is 1. The molecule has 0 saturated carbocycles. The summed E-state index contributed by atoms with van der Waals surface area (Å²) in [4.78, 5) is 24.6. The molecule has 1 unspecified atom stereocenters. The minimum absolute atomic E-state index is 0.306. The van der Waals surface area contributed by atoms with Crippen molar-refractivity contribution in [2.75, 3.05) is 0 Å². The van der Waals surface area contributed by atoms with Crippen LogP contribution in [-0.4, -0.2) is 10.5 Å². The Balaban J connectivity index is 2.17. The predicted octanol–water partition coefficient (Wildman–Crippen LogP) is 3.46. The molecule has 0 spiro atoms. The van der Waals surface area contributed by atoms with E-state index in [1.54, 1.807) is 6.92 Å². The second-order valence-electron chi connectivity index (χ2n) is 4.81. The van der Waals surface area contributed by atoms with Crippen LogP contribution in [0.5, 0.6) is 0 Å². The zero-order valence-corrected chi connectivity index (χ0v) is 13.4. The normalized spacial score (nSPS) is 12.9. The fourth-order valence-electron chi connectivity index (χ4n) is 1.92. The van der Waals surface area contributed by atoms with Crippen LogP contribution in [0.15, 0.2) is 34.6 Å². The first-order chi connectivity index (χ1) is 10.7. The molecule has 124 valence electrons. The van der Waals surface area contributed by atoms with Crippen molar-refractivity contribution in [3.8, 4) is 0 Å². The number of pyridine rings is 1. The highest BCUT2D eigenvalue weighted by Crippen LogP contribution is 2.29. The van der Waals surface area contributed by atoms with E-state index in [2.05, 4.69) is 5.32 Å². The van der Waals surface area contributed by atoms with Crippen LogP contribution in [0, 0.1) is 0 Å². The van der Waals surface area contributed by atoms with Gasteiger partial charge >= 0.3 is 6.18 Å². The lowest BCUT2D eigenvalue weighted by molar-refractivity contribution is -0.138. The summed E-state index contributed by atoms with van der Waals surface area (Å²) in [5.41, 5.74) is -1.93. The molecule has 1 N–H and O–H groups in total. The van der Waals surface area contributed by atoms with Gasteiger partial charge in [0.25, 0.3) is 5.56 Å². The summed E-state index contributed by atoms with van der Waals surface area (Å²) in [5.74, 6) is -0.580. The Morgan fingerprint density at radius 2 is 2.17 bits per heavy atom. The molecule has 1 atom stereocenters. The van der Waals surface area contributed by atoms with Crippen LogP contribution in [0.25, 0.3) is 0 Å². The number of nitrogens with one attached hydrogen (secondary N) is 1. The van der Waals surface area contributed by atoms with Crippen LogP contribution in [0.2, 0.25) is 5.02 Å². The van der Waals surface area contributed by atoms with Gasteiger partial charge < -0.3 is 9.88 Å². The molecule has 0 saturated heterocycles. The van der Waals surface area contributed by atoms with Crippen molar-refractivity contribution in [1.82, 2.24) is 9.88 Å². The van der Waals surface area contributed by atoms with Gasteiger partial charge in [-0.2, -0.15) is 13.2 Å². The third kappa shape index (κ3) is 4.35. The topological polar surface area (TPSA) is 51.1 Å². The lowest BCUT2D eigenvalue weighted by Crippen LogP contribution is -2.34. The fraction of sp³-hybridized carbons (Fsp3) is 0.286. The summed E-state index contributed by atoms with van der Waals surface area (Å²) >= 11 is 6.97. The maximum atomic E-state index is 12.7. The lowest BCUT2D eigenvalue weighted by Gasteiger charge is -2.14. The Hall–Kier alpha value is -1.80. The average Bonchev–Trinajstić information content (AvgIpc) is 2.96. The summed E-state index contributed by atoms with van der Waals surface area (Å²) in [6.07, 6.45) is -4.07. The van der Waals surface area contributed by atoms with Crippen molar-refractivity contribution in [1.29, 1.82) is 0 Å². The highest BCUT2D eigenvalue weighted by atomic mass is 35.5. The number of rotatable bonds is 4. The molecular weight excluding hydrogens is 353 g/mol. The number of carbonyl (C=O) groups excluding carboxylic acids is 1. The third-order valence-corrected chi connectivity index (χ3v) is 4.36. The molecule has 2 aromatic heterocycles. The highest BCUT2D eigenvalue weighted by Gasteiger charge is 2.32.